The van der Waals surface area contributed by atoms with Gasteiger partial charge in [-0.1, -0.05) is 29.3 Å². The Labute approximate surface area is 161 Å². The lowest BCUT2D eigenvalue weighted by atomic mass is 10.2. The van der Waals surface area contributed by atoms with Crippen LogP contribution in [0.1, 0.15) is 10.4 Å². The number of hydrogen-bond donors (Lipinski definition) is 2. The van der Waals surface area contributed by atoms with Crippen LogP contribution >= 0.6 is 35.4 Å². The first-order valence-corrected chi connectivity index (χ1v) is 8.44. The maximum absolute atomic E-state index is 12.2. The van der Waals surface area contributed by atoms with Crippen LogP contribution < -0.4 is 15.4 Å². The molecule has 0 aliphatic heterocycles. The smallest absolute Gasteiger partial charge is 0.257 e. The maximum atomic E-state index is 12.2. The lowest BCUT2D eigenvalue weighted by Crippen LogP contribution is -2.34. The number of nitrogens with one attached hydrogen (secondary N) is 2. The van der Waals surface area contributed by atoms with Gasteiger partial charge in [-0.05, 0) is 42.5 Å². The van der Waals surface area contributed by atoms with E-state index in [1.807, 2.05) is 12.1 Å². The molecule has 0 atom stereocenters. The molecule has 0 aliphatic carbocycles. The van der Waals surface area contributed by atoms with Crippen molar-refractivity contribution in [2.75, 3.05) is 25.6 Å². The number of carbonyl (C=O) groups is 1. The van der Waals surface area contributed by atoms with Gasteiger partial charge in [-0.3, -0.25) is 10.1 Å². The maximum Gasteiger partial charge on any atom is 0.257 e. The lowest BCUT2D eigenvalue weighted by molar-refractivity contribution is 0.0977. The Morgan fingerprint density at radius 3 is 2.52 bits per heavy atom. The Bertz CT molecular complexity index is 751. The first kappa shape index (κ1) is 19.5. The van der Waals surface area contributed by atoms with Gasteiger partial charge < -0.3 is 14.8 Å². The van der Waals surface area contributed by atoms with Crippen LogP contribution in [0, 0.1) is 0 Å². The molecule has 5 nitrogen and oxygen atoms in total. The molecule has 0 unspecified atom stereocenters. The summed E-state index contributed by atoms with van der Waals surface area (Å²) >= 11 is 16.9. The normalized spacial score (nSPS) is 10.2. The highest BCUT2D eigenvalue weighted by Gasteiger charge is 2.10. The molecular weight excluding hydrogens is 383 g/mol. The summed E-state index contributed by atoms with van der Waals surface area (Å²) in [6, 6.07) is 11.8. The summed E-state index contributed by atoms with van der Waals surface area (Å²) in [6.45, 7) is 0.935. The Balaban J connectivity index is 1.95. The Hall–Kier alpha value is -1.86. The monoisotopic (exact) mass is 398 g/mol. The summed E-state index contributed by atoms with van der Waals surface area (Å²) in [6.07, 6.45) is 0. The van der Waals surface area contributed by atoms with Crippen LogP contribution in [0.5, 0.6) is 5.75 Å². The number of thiocarbonyl (C=S) groups is 1. The SMILES string of the molecule is COCCOc1cccc(NC(=S)NC(=O)c2cc(Cl)cc(Cl)c2)c1. The van der Waals surface area contributed by atoms with Crippen molar-refractivity contribution < 1.29 is 14.3 Å². The average molecular weight is 399 g/mol. The zero-order valence-corrected chi connectivity index (χ0v) is 15.7. The number of amides is 1. The van der Waals surface area contributed by atoms with E-state index < -0.39 is 5.91 Å². The van der Waals surface area contributed by atoms with Gasteiger partial charge in [-0.2, -0.15) is 0 Å². The molecule has 2 N–H and O–H groups in total. The second kappa shape index (κ2) is 9.58. The molecule has 0 radical (unpaired) electrons. The minimum absolute atomic E-state index is 0.148. The summed E-state index contributed by atoms with van der Waals surface area (Å²) in [5, 5.41) is 6.39. The summed E-state index contributed by atoms with van der Waals surface area (Å²) in [5.74, 6) is 0.257. The van der Waals surface area contributed by atoms with E-state index in [-0.39, 0.29) is 5.11 Å². The van der Waals surface area contributed by atoms with E-state index in [0.29, 0.717) is 40.3 Å². The summed E-state index contributed by atoms with van der Waals surface area (Å²) < 4.78 is 10.5. The molecule has 8 heteroatoms. The third-order valence-electron chi connectivity index (χ3n) is 3.00. The molecule has 0 fully saturated rings. The van der Waals surface area contributed by atoms with Crippen molar-refractivity contribution in [2.45, 2.75) is 0 Å². The molecule has 0 heterocycles. The number of rotatable bonds is 6. The highest BCUT2D eigenvalue weighted by atomic mass is 35.5. The van der Waals surface area contributed by atoms with Crippen LogP contribution in [-0.2, 0) is 4.74 Å². The molecule has 0 aliphatic rings. The zero-order chi connectivity index (χ0) is 18.2. The second-order valence-electron chi connectivity index (χ2n) is 4.94. The molecule has 132 valence electrons. The van der Waals surface area contributed by atoms with Crippen LogP contribution in [0.15, 0.2) is 42.5 Å². The van der Waals surface area contributed by atoms with Crippen molar-refractivity contribution in [3.63, 3.8) is 0 Å². The van der Waals surface area contributed by atoms with Gasteiger partial charge >= 0.3 is 0 Å². The van der Waals surface area contributed by atoms with Crippen LogP contribution in [0.3, 0.4) is 0 Å². The first-order valence-electron chi connectivity index (χ1n) is 7.28. The van der Waals surface area contributed by atoms with Crippen LogP contribution in [-0.4, -0.2) is 31.3 Å². The molecule has 0 saturated carbocycles. The van der Waals surface area contributed by atoms with E-state index in [9.17, 15) is 4.79 Å². The Morgan fingerprint density at radius 1 is 1.12 bits per heavy atom. The van der Waals surface area contributed by atoms with Crippen molar-refractivity contribution in [1.29, 1.82) is 0 Å². The third-order valence-corrected chi connectivity index (χ3v) is 3.64. The molecule has 2 rings (SSSR count). The molecule has 2 aromatic rings. The quantitative estimate of drug-likeness (QED) is 0.565. The van der Waals surface area contributed by atoms with Crippen molar-refractivity contribution in [3.8, 4) is 5.75 Å². The van der Waals surface area contributed by atoms with Gasteiger partial charge in [0.2, 0.25) is 0 Å². The number of hydrogen-bond acceptors (Lipinski definition) is 4. The molecular formula is C17H16Cl2N2O3S. The predicted octanol–water partition coefficient (Wildman–Crippen LogP) is 4.15. The number of benzene rings is 2. The number of anilines is 1. The molecule has 0 spiro atoms. The molecule has 2 aromatic carbocycles. The van der Waals surface area contributed by atoms with Crippen LogP contribution in [0.2, 0.25) is 10.0 Å². The average Bonchev–Trinajstić information content (AvgIpc) is 2.54. The second-order valence-corrected chi connectivity index (χ2v) is 6.22. The molecule has 0 saturated heterocycles. The minimum Gasteiger partial charge on any atom is -0.491 e. The lowest BCUT2D eigenvalue weighted by Gasteiger charge is -2.11. The molecule has 1 amide bonds. The molecule has 25 heavy (non-hydrogen) atoms. The van der Waals surface area contributed by atoms with Gasteiger partial charge in [-0.15, -0.1) is 0 Å². The van der Waals surface area contributed by atoms with Crippen LogP contribution in [0.25, 0.3) is 0 Å². The summed E-state index contributed by atoms with van der Waals surface area (Å²) in [7, 11) is 1.61. The van der Waals surface area contributed by atoms with E-state index in [1.165, 1.54) is 12.1 Å². The largest absolute Gasteiger partial charge is 0.491 e. The van der Waals surface area contributed by atoms with E-state index in [0.717, 1.165) is 0 Å². The van der Waals surface area contributed by atoms with Gasteiger partial charge in [0.05, 0.1) is 6.61 Å². The standard InChI is InChI=1S/C17H16Cl2N2O3S/c1-23-5-6-24-15-4-2-3-14(10-15)20-17(25)21-16(22)11-7-12(18)9-13(19)8-11/h2-4,7-10H,5-6H2,1H3,(H2,20,21,22,25). The van der Waals surface area contributed by atoms with E-state index in [1.54, 1.807) is 25.3 Å². The number of ether oxygens (including phenoxy) is 2. The van der Waals surface area contributed by atoms with Gasteiger partial charge in [0.15, 0.2) is 5.11 Å². The fraction of sp³-hybridized carbons (Fsp3) is 0.176. The Kier molecular flexibility index (Phi) is 7.46. The summed E-state index contributed by atoms with van der Waals surface area (Å²) in [5.41, 5.74) is 1.00. The fourth-order valence-electron chi connectivity index (χ4n) is 1.93. The van der Waals surface area contributed by atoms with E-state index >= 15 is 0 Å². The highest BCUT2D eigenvalue weighted by molar-refractivity contribution is 7.80. The number of halogens is 2. The topological polar surface area (TPSA) is 59.6 Å². The van der Waals surface area contributed by atoms with Gasteiger partial charge in [0.25, 0.3) is 5.91 Å². The van der Waals surface area contributed by atoms with Crippen molar-refractivity contribution in [3.05, 3.63) is 58.1 Å². The molecule has 0 bridgehead atoms. The van der Waals surface area contributed by atoms with E-state index in [2.05, 4.69) is 10.6 Å². The van der Waals surface area contributed by atoms with Crippen molar-refractivity contribution in [1.82, 2.24) is 5.32 Å². The number of carbonyl (C=O) groups excluding carboxylic acids is 1. The van der Waals surface area contributed by atoms with E-state index in [4.69, 9.17) is 44.9 Å². The van der Waals surface area contributed by atoms with Gasteiger partial charge in [0.1, 0.15) is 12.4 Å². The third kappa shape index (κ3) is 6.51. The Morgan fingerprint density at radius 2 is 1.84 bits per heavy atom. The molecule has 0 aromatic heterocycles. The first-order chi connectivity index (χ1) is 12.0. The van der Waals surface area contributed by atoms with Gasteiger partial charge in [-0.25, -0.2) is 0 Å². The summed E-state index contributed by atoms with van der Waals surface area (Å²) in [4.78, 5) is 12.2. The zero-order valence-electron chi connectivity index (χ0n) is 13.3. The van der Waals surface area contributed by atoms with Crippen molar-refractivity contribution in [2.24, 2.45) is 0 Å². The van der Waals surface area contributed by atoms with Crippen LogP contribution in [0.4, 0.5) is 5.69 Å². The fourth-order valence-corrected chi connectivity index (χ4v) is 2.67. The highest BCUT2D eigenvalue weighted by Crippen LogP contribution is 2.19. The van der Waals surface area contributed by atoms with Gasteiger partial charge in [0, 0.05) is 34.5 Å². The van der Waals surface area contributed by atoms with Crippen molar-refractivity contribution >= 4 is 52.1 Å². The minimum atomic E-state index is -0.408. The number of methoxy groups -OCH3 is 1. The predicted molar refractivity (Wildman–Crippen MR) is 104 cm³/mol.